The van der Waals surface area contributed by atoms with E-state index in [4.69, 9.17) is 5.26 Å². The van der Waals surface area contributed by atoms with Gasteiger partial charge in [-0.25, -0.2) is 4.39 Å². The highest BCUT2D eigenvalue weighted by Crippen LogP contribution is 2.38. The molecule has 1 heterocycles. The maximum Gasteiger partial charge on any atom is 0.233 e. The van der Waals surface area contributed by atoms with Crippen LogP contribution in [0.1, 0.15) is 17.4 Å². The van der Waals surface area contributed by atoms with E-state index in [-0.39, 0.29) is 17.1 Å². The molecule has 3 nitrogen and oxygen atoms in total. The second-order valence-corrected chi connectivity index (χ2v) is 4.78. The van der Waals surface area contributed by atoms with Crippen LogP contribution < -0.4 is 0 Å². The molecule has 1 amide bonds. The molecule has 17 heavy (non-hydrogen) atoms. The number of thioether (sulfide) groups is 1. The highest BCUT2D eigenvalue weighted by molar-refractivity contribution is 8.00. The average Bonchev–Trinajstić information content (AvgIpc) is 2.69. The van der Waals surface area contributed by atoms with Crippen molar-refractivity contribution in [2.45, 2.75) is 11.8 Å². The highest BCUT2D eigenvalue weighted by atomic mass is 32.2. The number of nitriles is 1. The van der Waals surface area contributed by atoms with Gasteiger partial charge in [0.05, 0.1) is 18.2 Å². The molecule has 1 aromatic rings. The number of carbonyl (C=O) groups excluding carboxylic acids is 1. The molecule has 0 spiro atoms. The van der Waals surface area contributed by atoms with Crippen LogP contribution in [0.2, 0.25) is 0 Å². The van der Waals surface area contributed by atoms with E-state index in [2.05, 4.69) is 0 Å². The predicted molar refractivity (Wildman–Crippen MR) is 63.5 cm³/mol. The van der Waals surface area contributed by atoms with Gasteiger partial charge < -0.3 is 4.90 Å². The summed E-state index contributed by atoms with van der Waals surface area (Å²) in [4.78, 5) is 13.3. The Labute approximate surface area is 103 Å². The molecule has 0 aliphatic carbocycles. The second kappa shape index (κ2) is 5.19. The number of halogens is 1. The van der Waals surface area contributed by atoms with Gasteiger partial charge in [0.2, 0.25) is 5.91 Å². The van der Waals surface area contributed by atoms with Crippen molar-refractivity contribution in [1.82, 2.24) is 4.90 Å². The van der Waals surface area contributed by atoms with Crippen LogP contribution in [-0.4, -0.2) is 23.1 Å². The molecule has 1 saturated heterocycles. The molecule has 2 rings (SSSR count). The third-order valence-corrected chi connectivity index (χ3v) is 3.84. The largest absolute Gasteiger partial charge is 0.325 e. The lowest BCUT2D eigenvalue weighted by Crippen LogP contribution is -2.29. The van der Waals surface area contributed by atoms with Gasteiger partial charge in [0.15, 0.2) is 0 Å². The van der Waals surface area contributed by atoms with Crippen LogP contribution in [0, 0.1) is 17.1 Å². The minimum atomic E-state index is -0.286. The van der Waals surface area contributed by atoms with E-state index in [0.29, 0.717) is 18.7 Å². The summed E-state index contributed by atoms with van der Waals surface area (Å²) in [7, 11) is 0. The van der Waals surface area contributed by atoms with E-state index in [9.17, 15) is 9.18 Å². The van der Waals surface area contributed by atoms with Gasteiger partial charge in [0, 0.05) is 6.54 Å². The minimum Gasteiger partial charge on any atom is -0.325 e. The van der Waals surface area contributed by atoms with Crippen LogP contribution in [0.25, 0.3) is 0 Å². The summed E-state index contributed by atoms with van der Waals surface area (Å²) in [6.07, 6.45) is 0.323. The van der Waals surface area contributed by atoms with E-state index in [0.717, 1.165) is 5.56 Å². The summed E-state index contributed by atoms with van der Waals surface area (Å²) < 4.78 is 12.8. The fraction of sp³-hybridized carbons (Fsp3) is 0.333. The monoisotopic (exact) mass is 250 g/mol. The van der Waals surface area contributed by atoms with Crippen molar-refractivity contribution in [3.63, 3.8) is 0 Å². The van der Waals surface area contributed by atoms with Crippen molar-refractivity contribution < 1.29 is 9.18 Å². The predicted octanol–water partition coefficient (Wildman–Crippen LogP) is 2.31. The van der Waals surface area contributed by atoms with Gasteiger partial charge >= 0.3 is 0 Å². The standard InChI is InChI=1S/C12H11FN2OS/c13-10-4-2-9(3-5-10)12-15(7-1-6-14)11(16)8-17-12/h2-5,12H,1,7-8H2. The third kappa shape index (κ3) is 2.59. The first kappa shape index (κ1) is 11.9. The minimum absolute atomic E-state index is 0.0413. The summed E-state index contributed by atoms with van der Waals surface area (Å²) in [5.74, 6) is 0.180. The van der Waals surface area contributed by atoms with Crippen molar-refractivity contribution in [3.05, 3.63) is 35.6 Å². The number of amides is 1. The zero-order valence-electron chi connectivity index (χ0n) is 9.10. The summed E-state index contributed by atoms with van der Waals surface area (Å²) in [5.41, 5.74) is 0.903. The van der Waals surface area contributed by atoms with Crippen LogP contribution in [0.15, 0.2) is 24.3 Å². The van der Waals surface area contributed by atoms with Gasteiger partial charge in [0.1, 0.15) is 11.2 Å². The lowest BCUT2D eigenvalue weighted by molar-refractivity contribution is -0.127. The Bertz CT molecular complexity index is 455. The number of hydrogen-bond donors (Lipinski definition) is 0. The molecule has 0 bridgehead atoms. The number of benzene rings is 1. The average molecular weight is 250 g/mol. The molecule has 1 atom stereocenters. The summed E-state index contributed by atoms with van der Waals surface area (Å²) in [5, 5.41) is 8.48. The van der Waals surface area contributed by atoms with Gasteiger partial charge in [0.25, 0.3) is 0 Å². The van der Waals surface area contributed by atoms with E-state index >= 15 is 0 Å². The molecule has 1 aliphatic heterocycles. The molecule has 1 fully saturated rings. The summed E-state index contributed by atoms with van der Waals surface area (Å²) in [6, 6.07) is 8.18. The quantitative estimate of drug-likeness (QED) is 0.827. The van der Waals surface area contributed by atoms with E-state index in [1.54, 1.807) is 17.0 Å². The van der Waals surface area contributed by atoms with Gasteiger partial charge in [-0.15, -0.1) is 11.8 Å². The first-order valence-corrected chi connectivity index (χ1v) is 6.31. The second-order valence-electron chi connectivity index (χ2n) is 3.71. The Morgan fingerprint density at radius 3 is 2.82 bits per heavy atom. The Hall–Kier alpha value is -1.54. The number of rotatable bonds is 3. The van der Waals surface area contributed by atoms with Crippen molar-refractivity contribution >= 4 is 17.7 Å². The molecular weight excluding hydrogens is 239 g/mol. The van der Waals surface area contributed by atoms with Crippen molar-refractivity contribution in [2.24, 2.45) is 0 Å². The van der Waals surface area contributed by atoms with Gasteiger partial charge in [-0.3, -0.25) is 4.79 Å². The molecule has 88 valence electrons. The molecule has 0 saturated carbocycles. The first-order valence-electron chi connectivity index (χ1n) is 5.26. The van der Waals surface area contributed by atoms with Crippen molar-refractivity contribution in [2.75, 3.05) is 12.3 Å². The molecular formula is C12H11FN2OS. The van der Waals surface area contributed by atoms with Gasteiger partial charge in [-0.05, 0) is 17.7 Å². The normalized spacial score (nSPS) is 19.4. The van der Waals surface area contributed by atoms with Gasteiger partial charge in [-0.1, -0.05) is 12.1 Å². The Morgan fingerprint density at radius 2 is 2.18 bits per heavy atom. The lowest BCUT2D eigenvalue weighted by Gasteiger charge is -2.23. The maximum absolute atomic E-state index is 12.8. The number of hydrogen-bond acceptors (Lipinski definition) is 3. The van der Waals surface area contributed by atoms with Gasteiger partial charge in [-0.2, -0.15) is 5.26 Å². The van der Waals surface area contributed by atoms with E-state index < -0.39 is 0 Å². The topological polar surface area (TPSA) is 44.1 Å². The Kier molecular flexibility index (Phi) is 3.64. The van der Waals surface area contributed by atoms with Crippen LogP contribution >= 0.6 is 11.8 Å². The van der Waals surface area contributed by atoms with Crippen molar-refractivity contribution in [3.8, 4) is 6.07 Å². The van der Waals surface area contributed by atoms with Crippen LogP contribution in [-0.2, 0) is 4.79 Å². The van der Waals surface area contributed by atoms with E-state index in [1.165, 1.54) is 23.9 Å². The maximum atomic E-state index is 12.8. The molecule has 1 unspecified atom stereocenters. The number of carbonyl (C=O) groups is 1. The van der Waals surface area contributed by atoms with E-state index in [1.807, 2.05) is 6.07 Å². The Morgan fingerprint density at radius 1 is 1.47 bits per heavy atom. The lowest BCUT2D eigenvalue weighted by atomic mass is 10.2. The molecule has 1 aliphatic rings. The van der Waals surface area contributed by atoms with Crippen LogP contribution in [0.4, 0.5) is 4.39 Å². The fourth-order valence-electron chi connectivity index (χ4n) is 1.77. The Balaban J connectivity index is 2.16. The SMILES string of the molecule is N#CCCN1C(=O)CSC1c1ccc(F)cc1. The fourth-order valence-corrected chi connectivity index (χ4v) is 2.99. The summed E-state index contributed by atoms with van der Waals surface area (Å²) in [6.45, 7) is 0.435. The summed E-state index contributed by atoms with van der Waals surface area (Å²) >= 11 is 1.51. The molecule has 5 heteroatoms. The van der Waals surface area contributed by atoms with Crippen molar-refractivity contribution in [1.29, 1.82) is 5.26 Å². The smallest absolute Gasteiger partial charge is 0.233 e. The zero-order valence-corrected chi connectivity index (χ0v) is 9.91. The van der Waals surface area contributed by atoms with Crippen LogP contribution in [0.5, 0.6) is 0 Å². The molecule has 0 N–H and O–H groups in total. The molecule has 0 radical (unpaired) electrons. The highest BCUT2D eigenvalue weighted by Gasteiger charge is 2.32. The molecule has 0 aromatic heterocycles. The third-order valence-electron chi connectivity index (χ3n) is 2.59. The van der Waals surface area contributed by atoms with Crippen LogP contribution in [0.3, 0.4) is 0 Å². The molecule has 1 aromatic carbocycles. The zero-order chi connectivity index (χ0) is 12.3. The number of nitrogens with zero attached hydrogens (tertiary/aromatic N) is 2. The first-order chi connectivity index (χ1) is 8.22.